The maximum atomic E-state index is 11.9. The molecule has 0 saturated carbocycles. The molecule has 0 aliphatic carbocycles. The SMILES string of the molecule is CCC=CCC=CCC=CCC=CCC=CCC=CCCC(=O)NCCNC(=O)CC=Cc1ccc(C)nc1. The fourth-order valence-corrected chi connectivity index (χ4v) is 3.30. The quantitative estimate of drug-likeness (QED) is 0.136. The van der Waals surface area contributed by atoms with E-state index < -0.39 is 0 Å². The summed E-state index contributed by atoms with van der Waals surface area (Å²) in [5.74, 6) is -0.0749. The van der Waals surface area contributed by atoms with Crippen molar-refractivity contribution in [3.63, 3.8) is 0 Å². The molecule has 0 fully saturated rings. The van der Waals surface area contributed by atoms with Gasteiger partial charge < -0.3 is 10.6 Å². The van der Waals surface area contributed by atoms with E-state index in [4.69, 9.17) is 0 Å². The first-order valence-electron chi connectivity index (χ1n) is 14.1. The summed E-state index contributed by atoms with van der Waals surface area (Å²) in [5.41, 5.74) is 1.93. The number of allylic oxidation sites excluding steroid dienone is 12. The van der Waals surface area contributed by atoms with Gasteiger partial charge in [-0.25, -0.2) is 0 Å². The van der Waals surface area contributed by atoms with Crippen LogP contribution in [0.15, 0.2) is 97.3 Å². The van der Waals surface area contributed by atoms with Crippen LogP contribution in [-0.4, -0.2) is 29.9 Å². The molecule has 0 atom stereocenters. The fourth-order valence-electron chi connectivity index (χ4n) is 3.30. The first-order chi connectivity index (χ1) is 19.1. The van der Waals surface area contributed by atoms with Gasteiger partial charge in [-0.1, -0.05) is 98.1 Å². The number of pyridine rings is 1. The summed E-state index contributed by atoms with van der Waals surface area (Å²) < 4.78 is 0. The Hall–Kier alpha value is -3.73. The molecule has 0 radical (unpaired) electrons. The van der Waals surface area contributed by atoms with Crippen molar-refractivity contribution in [1.29, 1.82) is 0 Å². The average Bonchev–Trinajstić information content (AvgIpc) is 2.93. The zero-order valence-corrected chi connectivity index (χ0v) is 23.9. The number of aryl methyl sites for hydroxylation is 1. The number of nitrogens with zero attached hydrogens (tertiary/aromatic N) is 1. The van der Waals surface area contributed by atoms with E-state index in [1.54, 1.807) is 6.20 Å². The van der Waals surface area contributed by atoms with Crippen molar-refractivity contribution in [3.8, 4) is 0 Å². The van der Waals surface area contributed by atoms with Gasteiger partial charge in [-0.3, -0.25) is 14.6 Å². The van der Waals surface area contributed by atoms with Crippen molar-refractivity contribution in [3.05, 3.63) is 109 Å². The number of rotatable bonds is 20. The molecule has 0 unspecified atom stereocenters. The normalized spacial score (nSPS) is 12.5. The molecule has 5 heteroatoms. The summed E-state index contributed by atoms with van der Waals surface area (Å²) in [4.78, 5) is 28.0. The average molecular weight is 530 g/mol. The topological polar surface area (TPSA) is 71.1 Å². The molecule has 1 aromatic rings. The second kappa shape index (κ2) is 24.6. The zero-order valence-electron chi connectivity index (χ0n) is 23.9. The highest BCUT2D eigenvalue weighted by atomic mass is 16.2. The monoisotopic (exact) mass is 529 g/mol. The molecule has 0 saturated heterocycles. The highest BCUT2D eigenvalue weighted by Crippen LogP contribution is 2.02. The molecule has 39 heavy (non-hydrogen) atoms. The summed E-state index contributed by atoms with van der Waals surface area (Å²) >= 11 is 0. The maximum absolute atomic E-state index is 11.9. The van der Waals surface area contributed by atoms with Gasteiger partial charge in [0.15, 0.2) is 0 Å². The van der Waals surface area contributed by atoms with E-state index in [1.165, 1.54) is 0 Å². The van der Waals surface area contributed by atoms with E-state index in [0.717, 1.165) is 49.8 Å². The number of hydrogen-bond donors (Lipinski definition) is 2. The van der Waals surface area contributed by atoms with Crippen molar-refractivity contribution >= 4 is 17.9 Å². The maximum Gasteiger partial charge on any atom is 0.223 e. The Morgan fingerprint density at radius 3 is 1.72 bits per heavy atom. The van der Waals surface area contributed by atoms with Crippen molar-refractivity contribution in [1.82, 2.24) is 15.6 Å². The Morgan fingerprint density at radius 2 is 1.21 bits per heavy atom. The van der Waals surface area contributed by atoms with Crippen LogP contribution in [0.25, 0.3) is 6.08 Å². The summed E-state index contributed by atoms with van der Waals surface area (Å²) in [6, 6.07) is 3.90. The van der Waals surface area contributed by atoms with Gasteiger partial charge in [0.1, 0.15) is 0 Å². The number of aromatic nitrogens is 1. The van der Waals surface area contributed by atoms with E-state index in [1.807, 2.05) is 37.3 Å². The zero-order chi connectivity index (χ0) is 28.2. The van der Waals surface area contributed by atoms with Crippen molar-refractivity contribution < 1.29 is 9.59 Å². The highest BCUT2D eigenvalue weighted by molar-refractivity contribution is 5.79. The third-order valence-electron chi connectivity index (χ3n) is 5.45. The summed E-state index contributed by atoms with van der Waals surface area (Å²) in [5, 5.41) is 5.65. The van der Waals surface area contributed by atoms with Crippen LogP contribution in [0.3, 0.4) is 0 Å². The van der Waals surface area contributed by atoms with Crippen LogP contribution >= 0.6 is 0 Å². The molecular formula is C34H47N3O2. The predicted molar refractivity (Wildman–Crippen MR) is 166 cm³/mol. The molecule has 2 N–H and O–H groups in total. The molecule has 0 aliphatic rings. The molecule has 1 rings (SSSR count). The molecule has 0 spiro atoms. The van der Waals surface area contributed by atoms with Crippen molar-refractivity contribution in [2.75, 3.05) is 13.1 Å². The van der Waals surface area contributed by atoms with Gasteiger partial charge in [0.25, 0.3) is 0 Å². The van der Waals surface area contributed by atoms with Crippen LogP contribution in [0.1, 0.15) is 76.0 Å². The highest BCUT2D eigenvalue weighted by Gasteiger charge is 2.00. The molecule has 0 aliphatic heterocycles. The Kier molecular flexibility index (Phi) is 21.0. The van der Waals surface area contributed by atoms with Crippen molar-refractivity contribution in [2.24, 2.45) is 0 Å². The minimum atomic E-state index is -0.0708. The van der Waals surface area contributed by atoms with Crippen molar-refractivity contribution in [2.45, 2.75) is 71.6 Å². The first kappa shape index (κ1) is 33.3. The van der Waals surface area contributed by atoms with Crippen LogP contribution < -0.4 is 10.6 Å². The molecule has 0 aromatic carbocycles. The van der Waals surface area contributed by atoms with Gasteiger partial charge in [-0.15, -0.1) is 0 Å². The Morgan fingerprint density at radius 1 is 0.692 bits per heavy atom. The molecule has 2 amide bonds. The smallest absolute Gasteiger partial charge is 0.223 e. The third-order valence-corrected chi connectivity index (χ3v) is 5.45. The fraction of sp³-hybridized carbons (Fsp3) is 0.382. The van der Waals surface area contributed by atoms with Gasteiger partial charge in [0.2, 0.25) is 11.8 Å². The molecule has 5 nitrogen and oxygen atoms in total. The van der Waals surface area contributed by atoms with E-state index in [0.29, 0.717) is 32.4 Å². The Labute approximate surface area is 236 Å². The lowest BCUT2D eigenvalue weighted by atomic mass is 10.2. The van der Waals surface area contributed by atoms with Gasteiger partial charge in [-0.2, -0.15) is 0 Å². The van der Waals surface area contributed by atoms with Crippen LogP contribution in [0.4, 0.5) is 0 Å². The molecular weight excluding hydrogens is 482 g/mol. The van der Waals surface area contributed by atoms with Gasteiger partial charge in [0, 0.05) is 37.8 Å². The van der Waals surface area contributed by atoms with E-state index in [2.05, 4.69) is 89.4 Å². The van der Waals surface area contributed by atoms with E-state index in [9.17, 15) is 9.59 Å². The molecule has 0 bridgehead atoms. The third kappa shape index (κ3) is 22.0. The van der Waals surface area contributed by atoms with E-state index in [-0.39, 0.29) is 11.8 Å². The largest absolute Gasteiger partial charge is 0.354 e. The lowest BCUT2D eigenvalue weighted by Crippen LogP contribution is -2.34. The minimum Gasteiger partial charge on any atom is -0.354 e. The Balaban J connectivity index is 1.97. The summed E-state index contributed by atoms with van der Waals surface area (Å²) in [7, 11) is 0. The number of hydrogen-bond acceptors (Lipinski definition) is 3. The lowest BCUT2D eigenvalue weighted by molar-refractivity contribution is -0.122. The van der Waals surface area contributed by atoms with Crippen LogP contribution in [0, 0.1) is 6.92 Å². The second-order valence-electron chi connectivity index (χ2n) is 8.99. The van der Waals surface area contributed by atoms with Crippen LogP contribution in [0.2, 0.25) is 0 Å². The number of amides is 2. The molecule has 210 valence electrons. The number of nitrogens with one attached hydrogen (secondary N) is 2. The number of carbonyl (C=O) groups excluding carboxylic acids is 2. The van der Waals surface area contributed by atoms with Gasteiger partial charge in [-0.05, 0) is 63.5 Å². The summed E-state index contributed by atoms with van der Waals surface area (Å²) in [6.45, 7) is 4.94. The first-order valence-corrected chi connectivity index (χ1v) is 14.1. The second-order valence-corrected chi connectivity index (χ2v) is 8.99. The minimum absolute atomic E-state index is 0.00413. The lowest BCUT2D eigenvalue weighted by Gasteiger charge is -2.05. The van der Waals surface area contributed by atoms with Crippen LogP contribution in [-0.2, 0) is 9.59 Å². The molecule has 1 heterocycles. The van der Waals surface area contributed by atoms with Crippen LogP contribution in [0.5, 0.6) is 0 Å². The number of carbonyl (C=O) groups is 2. The van der Waals surface area contributed by atoms with E-state index >= 15 is 0 Å². The predicted octanol–water partition coefficient (Wildman–Crippen LogP) is 7.50. The van der Waals surface area contributed by atoms with Gasteiger partial charge >= 0.3 is 0 Å². The van der Waals surface area contributed by atoms with Gasteiger partial charge in [0.05, 0.1) is 0 Å². The Bertz CT molecular complexity index is 996. The summed E-state index contributed by atoms with van der Waals surface area (Å²) in [6.07, 6.45) is 38.8. The standard InChI is InChI=1S/C34H47N3O2/c1-3-4-5-6-7-8-9-10-11-12-13-14-15-16-17-18-19-20-21-24-33(38)35-28-29-36-34(39)25-22-23-32-27-26-31(2)37-30-32/h4-5,7-8,10-11,13-14,16-17,19-20,22-23,26-27,30H,3,6,9,12,15,18,21,24-25,28-29H2,1-2H3,(H,35,38)(H,36,39). The molecule has 1 aromatic heterocycles.